The number of β-lactam (4-membered cyclic amide) rings is 1. The van der Waals surface area contributed by atoms with Crippen molar-refractivity contribution in [3.05, 3.63) is 59.8 Å². The number of imide groups is 1. The Morgan fingerprint density at radius 1 is 1.21 bits per heavy atom. The van der Waals surface area contributed by atoms with E-state index in [9.17, 15) is 19.5 Å². The van der Waals surface area contributed by atoms with E-state index >= 15 is 0 Å². The number of carboxylic acid groups (broad SMARTS) is 1. The van der Waals surface area contributed by atoms with E-state index in [1.54, 1.807) is 12.1 Å². The number of aliphatic carboxylic acids is 1. The lowest BCUT2D eigenvalue weighted by molar-refractivity contribution is -0.177. The van der Waals surface area contributed by atoms with E-state index in [1.807, 2.05) is 37.3 Å². The van der Waals surface area contributed by atoms with Gasteiger partial charge in [0.2, 0.25) is 11.8 Å². The molecule has 3 N–H and O–H groups in total. The highest BCUT2D eigenvalue weighted by Gasteiger charge is 2.54. The van der Waals surface area contributed by atoms with Gasteiger partial charge in [0.1, 0.15) is 11.9 Å². The summed E-state index contributed by atoms with van der Waals surface area (Å²) in [5, 5.41) is 9.56. The minimum absolute atomic E-state index is 0.00353. The van der Waals surface area contributed by atoms with Gasteiger partial charge in [-0.2, -0.15) is 0 Å². The molecule has 1 aromatic carbocycles. The second kappa shape index (κ2) is 8.21. The average molecular weight is 381 g/mol. The van der Waals surface area contributed by atoms with Gasteiger partial charge in [-0.1, -0.05) is 37.3 Å². The maximum absolute atomic E-state index is 12.6. The normalized spacial score (nSPS) is 19.8. The molecule has 7 nitrogen and oxygen atoms in total. The van der Waals surface area contributed by atoms with Crippen LogP contribution in [0.15, 0.2) is 48.7 Å². The highest BCUT2D eigenvalue weighted by atomic mass is 16.4. The molecule has 3 atom stereocenters. The lowest BCUT2D eigenvalue weighted by atomic mass is 9.81. The molecule has 0 aliphatic carbocycles. The van der Waals surface area contributed by atoms with Crippen LogP contribution in [0.4, 0.5) is 5.82 Å². The van der Waals surface area contributed by atoms with E-state index in [1.165, 1.54) is 6.20 Å². The van der Waals surface area contributed by atoms with Crippen molar-refractivity contribution < 1.29 is 19.5 Å². The van der Waals surface area contributed by atoms with Gasteiger partial charge in [0, 0.05) is 12.6 Å². The van der Waals surface area contributed by atoms with Crippen molar-refractivity contribution in [2.24, 2.45) is 11.8 Å². The third-order valence-electron chi connectivity index (χ3n) is 4.99. The summed E-state index contributed by atoms with van der Waals surface area (Å²) in [6.07, 6.45) is 2.54. The first-order chi connectivity index (χ1) is 13.4. The summed E-state index contributed by atoms with van der Waals surface area (Å²) >= 11 is 0. The minimum atomic E-state index is -1.17. The minimum Gasteiger partial charge on any atom is -0.480 e. The number of likely N-dealkylation sites (tertiary alicyclic amines) is 1. The first-order valence-corrected chi connectivity index (χ1v) is 9.20. The fraction of sp³-hybridized carbons (Fsp3) is 0.333. The van der Waals surface area contributed by atoms with Gasteiger partial charge in [0.25, 0.3) is 0 Å². The van der Waals surface area contributed by atoms with Gasteiger partial charge in [0.05, 0.1) is 5.92 Å². The molecule has 28 heavy (non-hydrogen) atoms. The number of hydrogen-bond donors (Lipinski definition) is 2. The number of hydrogen-bond acceptors (Lipinski definition) is 5. The monoisotopic (exact) mass is 381 g/mol. The number of pyridine rings is 1. The van der Waals surface area contributed by atoms with Crippen molar-refractivity contribution in [1.82, 2.24) is 9.88 Å². The molecule has 0 bridgehead atoms. The molecule has 7 heteroatoms. The van der Waals surface area contributed by atoms with Crippen LogP contribution in [0.3, 0.4) is 0 Å². The first-order valence-electron chi connectivity index (χ1n) is 9.20. The van der Waals surface area contributed by atoms with E-state index in [2.05, 4.69) is 4.98 Å². The molecule has 2 heterocycles. The Bertz CT molecular complexity index is 884. The van der Waals surface area contributed by atoms with E-state index in [0.29, 0.717) is 12.2 Å². The van der Waals surface area contributed by atoms with Gasteiger partial charge in [-0.25, -0.2) is 9.78 Å². The molecule has 0 radical (unpaired) electrons. The van der Waals surface area contributed by atoms with E-state index in [0.717, 1.165) is 16.0 Å². The van der Waals surface area contributed by atoms with Crippen LogP contribution in [0.25, 0.3) is 0 Å². The van der Waals surface area contributed by atoms with Crippen molar-refractivity contribution in [1.29, 1.82) is 0 Å². The maximum atomic E-state index is 12.6. The van der Waals surface area contributed by atoms with Gasteiger partial charge < -0.3 is 10.8 Å². The predicted octanol–water partition coefficient (Wildman–Crippen LogP) is 1.91. The van der Waals surface area contributed by atoms with Crippen molar-refractivity contribution >= 4 is 23.6 Å². The van der Waals surface area contributed by atoms with Crippen LogP contribution in [-0.4, -0.2) is 38.8 Å². The fourth-order valence-electron chi connectivity index (χ4n) is 3.67. The smallest absolute Gasteiger partial charge is 0.327 e. The Kier molecular flexibility index (Phi) is 5.73. The Balaban J connectivity index is 1.65. The summed E-state index contributed by atoms with van der Waals surface area (Å²) in [6, 6.07) is 11.9. The Morgan fingerprint density at radius 2 is 1.93 bits per heavy atom. The lowest BCUT2D eigenvalue weighted by Crippen LogP contribution is -2.67. The van der Waals surface area contributed by atoms with Gasteiger partial charge in [-0.3, -0.25) is 14.5 Å². The molecular weight excluding hydrogens is 358 g/mol. The molecule has 2 amide bonds. The standard InChI is InChI=1S/C21H23N3O4/c1-13(9-14-5-3-2-4-6-14)10-18(25)24-19(21(27)28)16(20(24)26)11-15-7-8-23-17(22)12-15/h2-8,12-13,16,19H,9-11H2,1H3,(H2,22,23)(H,27,28)/t13?,16-,19+/m1/s1. The molecule has 1 aromatic heterocycles. The summed E-state index contributed by atoms with van der Waals surface area (Å²) in [5.41, 5.74) is 7.46. The number of nitrogen functional groups attached to an aromatic ring is 1. The van der Waals surface area contributed by atoms with E-state index in [-0.39, 0.29) is 18.8 Å². The number of nitrogens with zero attached hydrogens (tertiary/aromatic N) is 2. The van der Waals surface area contributed by atoms with Crippen molar-refractivity contribution in [3.63, 3.8) is 0 Å². The molecule has 1 aliphatic rings. The molecule has 1 saturated heterocycles. The highest BCUT2D eigenvalue weighted by molar-refractivity contribution is 6.08. The summed E-state index contributed by atoms with van der Waals surface area (Å²) in [5.74, 6) is -2.52. The number of rotatable bonds is 7. The van der Waals surface area contributed by atoms with Crippen LogP contribution in [0.5, 0.6) is 0 Å². The molecule has 1 aliphatic heterocycles. The first kappa shape index (κ1) is 19.5. The molecule has 146 valence electrons. The van der Waals surface area contributed by atoms with Gasteiger partial charge in [0.15, 0.2) is 0 Å². The van der Waals surface area contributed by atoms with Crippen LogP contribution >= 0.6 is 0 Å². The van der Waals surface area contributed by atoms with Gasteiger partial charge in [-0.15, -0.1) is 0 Å². The SMILES string of the molecule is CC(CC(=O)N1C(=O)[C@H](Cc2ccnc(N)c2)[C@H]1C(=O)O)Cc1ccccc1. The zero-order valence-electron chi connectivity index (χ0n) is 15.6. The zero-order valence-corrected chi connectivity index (χ0v) is 15.6. The Hall–Kier alpha value is -3.22. The third-order valence-corrected chi connectivity index (χ3v) is 4.99. The van der Waals surface area contributed by atoms with E-state index < -0.39 is 29.7 Å². The quantitative estimate of drug-likeness (QED) is 0.708. The van der Waals surface area contributed by atoms with Gasteiger partial charge in [-0.05, 0) is 42.0 Å². The van der Waals surface area contributed by atoms with Crippen LogP contribution in [0.2, 0.25) is 0 Å². The largest absolute Gasteiger partial charge is 0.480 e. The number of carbonyl (C=O) groups excluding carboxylic acids is 2. The van der Waals surface area contributed by atoms with Crippen LogP contribution < -0.4 is 5.73 Å². The molecule has 3 rings (SSSR count). The number of nitrogens with two attached hydrogens (primary N) is 1. The molecule has 2 aromatic rings. The molecule has 0 saturated carbocycles. The maximum Gasteiger partial charge on any atom is 0.327 e. The Morgan fingerprint density at radius 3 is 2.57 bits per heavy atom. The van der Waals surface area contributed by atoms with Gasteiger partial charge >= 0.3 is 5.97 Å². The second-order valence-electron chi connectivity index (χ2n) is 7.28. The molecule has 1 unspecified atom stereocenters. The zero-order chi connectivity index (χ0) is 20.3. The van der Waals surface area contributed by atoms with Crippen LogP contribution in [-0.2, 0) is 27.2 Å². The van der Waals surface area contributed by atoms with Crippen molar-refractivity contribution in [3.8, 4) is 0 Å². The predicted molar refractivity (Wildman–Crippen MR) is 103 cm³/mol. The van der Waals surface area contributed by atoms with Crippen molar-refractivity contribution in [2.75, 3.05) is 5.73 Å². The summed E-state index contributed by atoms with van der Waals surface area (Å²) in [6.45, 7) is 1.92. The molecule has 1 fully saturated rings. The number of carbonyl (C=O) groups is 3. The van der Waals surface area contributed by atoms with Crippen molar-refractivity contribution in [2.45, 2.75) is 32.2 Å². The number of benzene rings is 1. The number of aromatic nitrogens is 1. The number of anilines is 1. The summed E-state index contributed by atoms with van der Waals surface area (Å²) in [7, 11) is 0. The van der Waals surface area contributed by atoms with Crippen LogP contribution in [0, 0.1) is 11.8 Å². The summed E-state index contributed by atoms with van der Waals surface area (Å²) < 4.78 is 0. The summed E-state index contributed by atoms with van der Waals surface area (Å²) in [4.78, 5) is 41.6. The fourth-order valence-corrected chi connectivity index (χ4v) is 3.67. The second-order valence-corrected chi connectivity index (χ2v) is 7.28. The number of carboxylic acids is 1. The molecular formula is C21H23N3O4. The highest BCUT2D eigenvalue weighted by Crippen LogP contribution is 2.32. The Labute approximate surface area is 163 Å². The average Bonchev–Trinajstić information content (AvgIpc) is 2.64. The topological polar surface area (TPSA) is 114 Å². The molecule has 0 spiro atoms. The van der Waals surface area contributed by atoms with Crippen LogP contribution in [0.1, 0.15) is 24.5 Å². The lowest BCUT2D eigenvalue weighted by Gasteiger charge is -2.43. The number of amides is 2. The van der Waals surface area contributed by atoms with E-state index in [4.69, 9.17) is 5.73 Å². The third kappa shape index (κ3) is 4.19.